The van der Waals surface area contributed by atoms with Crippen LogP contribution in [0.5, 0.6) is 0 Å². The minimum absolute atomic E-state index is 0.0593. The Bertz CT molecular complexity index is 749. The SMILES string of the molecule is COC(=O)c1ccc(Nc2ncc(F)c(N)n2)cc1C(F)(F)F. The first kappa shape index (κ1) is 16.5. The molecule has 0 unspecified atom stereocenters. The van der Waals surface area contributed by atoms with Crippen LogP contribution in [-0.4, -0.2) is 23.0 Å². The number of aromatic nitrogens is 2. The molecule has 0 aliphatic heterocycles. The number of hydrogen-bond donors (Lipinski definition) is 2. The fourth-order valence-corrected chi connectivity index (χ4v) is 1.71. The summed E-state index contributed by atoms with van der Waals surface area (Å²) in [4.78, 5) is 18.5. The van der Waals surface area contributed by atoms with Gasteiger partial charge in [-0.05, 0) is 18.2 Å². The molecule has 0 fully saturated rings. The second-order valence-corrected chi connectivity index (χ2v) is 4.30. The van der Waals surface area contributed by atoms with Gasteiger partial charge in [0, 0.05) is 5.69 Å². The van der Waals surface area contributed by atoms with E-state index in [1.165, 1.54) is 6.07 Å². The van der Waals surface area contributed by atoms with Crippen molar-refractivity contribution >= 4 is 23.4 Å². The number of anilines is 3. The van der Waals surface area contributed by atoms with Crippen molar-refractivity contribution in [2.45, 2.75) is 6.18 Å². The lowest BCUT2D eigenvalue weighted by molar-refractivity contribution is -0.138. The normalized spacial score (nSPS) is 11.2. The number of carbonyl (C=O) groups is 1. The van der Waals surface area contributed by atoms with Crippen molar-refractivity contribution in [2.75, 3.05) is 18.2 Å². The Morgan fingerprint density at radius 1 is 1.35 bits per heavy atom. The van der Waals surface area contributed by atoms with Crippen LogP contribution < -0.4 is 11.1 Å². The lowest BCUT2D eigenvalue weighted by Crippen LogP contribution is -2.14. The summed E-state index contributed by atoms with van der Waals surface area (Å²) in [5, 5.41) is 2.45. The first-order valence-electron chi connectivity index (χ1n) is 6.07. The molecule has 0 saturated carbocycles. The third-order valence-corrected chi connectivity index (χ3v) is 2.76. The predicted molar refractivity (Wildman–Crippen MR) is 72.5 cm³/mol. The quantitative estimate of drug-likeness (QED) is 0.664. The zero-order valence-electron chi connectivity index (χ0n) is 11.6. The van der Waals surface area contributed by atoms with Gasteiger partial charge in [-0.3, -0.25) is 0 Å². The molecule has 23 heavy (non-hydrogen) atoms. The van der Waals surface area contributed by atoms with E-state index in [4.69, 9.17) is 5.73 Å². The van der Waals surface area contributed by atoms with Gasteiger partial charge in [0.2, 0.25) is 5.95 Å². The number of benzene rings is 1. The van der Waals surface area contributed by atoms with E-state index in [1.54, 1.807) is 0 Å². The number of carbonyl (C=O) groups excluding carboxylic acids is 1. The molecule has 0 spiro atoms. The maximum Gasteiger partial charge on any atom is 0.417 e. The number of esters is 1. The number of rotatable bonds is 3. The van der Waals surface area contributed by atoms with E-state index in [-0.39, 0.29) is 11.6 Å². The Morgan fingerprint density at radius 3 is 2.61 bits per heavy atom. The summed E-state index contributed by atoms with van der Waals surface area (Å²) >= 11 is 0. The highest BCUT2D eigenvalue weighted by atomic mass is 19.4. The first-order valence-corrected chi connectivity index (χ1v) is 6.07. The monoisotopic (exact) mass is 330 g/mol. The summed E-state index contributed by atoms with van der Waals surface area (Å²) in [7, 11) is 0.976. The van der Waals surface area contributed by atoms with Crippen molar-refractivity contribution in [1.29, 1.82) is 0 Å². The van der Waals surface area contributed by atoms with Gasteiger partial charge in [0.1, 0.15) is 0 Å². The van der Waals surface area contributed by atoms with Crippen LogP contribution in [0, 0.1) is 5.82 Å². The van der Waals surface area contributed by atoms with Crippen LogP contribution in [0.4, 0.5) is 35.0 Å². The molecule has 0 saturated heterocycles. The van der Waals surface area contributed by atoms with E-state index < -0.39 is 34.9 Å². The van der Waals surface area contributed by atoms with Crippen LogP contribution in [-0.2, 0) is 10.9 Å². The van der Waals surface area contributed by atoms with Gasteiger partial charge in [-0.1, -0.05) is 0 Å². The summed E-state index contributed by atoms with van der Waals surface area (Å²) in [5.41, 5.74) is 3.36. The topological polar surface area (TPSA) is 90.1 Å². The Balaban J connectivity index is 2.40. The van der Waals surface area contributed by atoms with Gasteiger partial charge in [0.25, 0.3) is 0 Å². The highest BCUT2D eigenvalue weighted by molar-refractivity contribution is 5.92. The summed E-state index contributed by atoms with van der Waals surface area (Å²) in [6.07, 6.45) is -4.00. The molecule has 122 valence electrons. The highest BCUT2D eigenvalue weighted by Gasteiger charge is 2.36. The minimum atomic E-state index is -4.77. The second kappa shape index (κ2) is 6.07. The van der Waals surface area contributed by atoms with Gasteiger partial charge in [-0.25, -0.2) is 14.2 Å². The molecule has 1 aromatic carbocycles. The minimum Gasteiger partial charge on any atom is -0.465 e. The third-order valence-electron chi connectivity index (χ3n) is 2.76. The van der Waals surface area contributed by atoms with Crippen LogP contribution in [0.3, 0.4) is 0 Å². The second-order valence-electron chi connectivity index (χ2n) is 4.30. The first-order chi connectivity index (χ1) is 10.7. The molecule has 6 nitrogen and oxygen atoms in total. The van der Waals surface area contributed by atoms with E-state index in [2.05, 4.69) is 20.0 Å². The molecule has 0 aliphatic rings. The average Bonchev–Trinajstić information content (AvgIpc) is 2.49. The van der Waals surface area contributed by atoms with Crippen LogP contribution >= 0.6 is 0 Å². The standard InChI is InChI=1S/C13H10F4N4O2/c1-23-11(22)7-3-2-6(4-8(7)13(15,16)17)20-12-19-5-9(14)10(18)21-12/h2-5H,1H3,(H3,18,19,20,21). The third kappa shape index (κ3) is 3.65. The number of alkyl halides is 3. The summed E-state index contributed by atoms with van der Waals surface area (Å²) in [5.74, 6) is -2.62. The summed E-state index contributed by atoms with van der Waals surface area (Å²) < 4.78 is 56.4. The molecule has 0 aliphatic carbocycles. The molecule has 0 atom stereocenters. The average molecular weight is 330 g/mol. The maximum absolute atomic E-state index is 13.0. The van der Waals surface area contributed by atoms with Crippen LogP contribution in [0.2, 0.25) is 0 Å². The Labute approximate surface area is 127 Å². The van der Waals surface area contributed by atoms with Gasteiger partial charge < -0.3 is 15.8 Å². The van der Waals surface area contributed by atoms with Crippen LogP contribution in [0.1, 0.15) is 15.9 Å². The summed E-state index contributed by atoms with van der Waals surface area (Å²) in [6.45, 7) is 0. The molecular weight excluding hydrogens is 320 g/mol. The zero-order valence-corrected chi connectivity index (χ0v) is 11.6. The van der Waals surface area contributed by atoms with E-state index >= 15 is 0 Å². The molecule has 1 heterocycles. The Hall–Kier alpha value is -2.91. The van der Waals surface area contributed by atoms with Crippen LogP contribution in [0.25, 0.3) is 0 Å². The van der Waals surface area contributed by atoms with E-state index in [9.17, 15) is 22.4 Å². The number of ether oxygens (including phenoxy) is 1. The smallest absolute Gasteiger partial charge is 0.417 e. The number of methoxy groups -OCH3 is 1. The predicted octanol–water partition coefficient (Wildman–Crippen LogP) is 2.75. The molecule has 2 rings (SSSR count). The lowest BCUT2D eigenvalue weighted by atomic mass is 10.1. The molecule has 3 N–H and O–H groups in total. The van der Waals surface area contributed by atoms with E-state index in [0.29, 0.717) is 6.07 Å². The molecule has 0 radical (unpaired) electrons. The number of nitrogens with one attached hydrogen (secondary N) is 1. The fraction of sp³-hybridized carbons (Fsp3) is 0.154. The number of nitrogen functional groups attached to an aromatic ring is 1. The van der Waals surface area contributed by atoms with Gasteiger partial charge in [0.15, 0.2) is 11.6 Å². The summed E-state index contributed by atoms with van der Waals surface area (Å²) in [6, 6.07) is 2.84. The van der Waals surface area contributed by atoms with E-state index in [1.807, 2.05) is 0 Å². The number of halogens is 4. The molecule has 2 aromatic rings. The van der Waals surface area contributed by atoms with Gasteiger partial charge >= 0.3 is 12.1 Å². The van der Waals surface area contributed by atoms with Gasteiger partial charge in [0.05, 0.1) is 24.4 Å². The molecular formula is C13H10F4N4O2. The Kier molecular flexibility index (Phi) is 4.34. The molecule has 0 bridgehead atoms. The number of nitrogens with zero attached hydrogens (tertiary/aromatic N) is 2. The van der Waals surface area contributed by atoms with Crippen molar-refractivity contribution in [1.82, 2.24) is 9.97 Å². The largest absolute Gasteiger partial charge is 0.465 e. The molecule has 1 aromatic heterocycles. The van der Waals surface area contributed by atoms with Crippen molar-refractivity contribution in [3.05, 3.63) is 41.3 Å². The lowest BCUT2D eigenvalue weighted by Gasteiger charge is -2.13. The van der Waals surface area contributed by atoms with E-state index in [0.717, 1.165) is 19.4 Å². The van der Waals surface area contributed by atoms with Crippen LogP contribution in [0.15, 0.2) is 24.4 Å². The number of nitrogens with two attached hydrogens (primary N) is 1. The fourth-order valence-electron chi connectivity index (χ4n) is 1.71. The van der Waals surface area contributed by atoms with Gasteiger partial charge in [-0.2, -0.15) is 18.2 Å². The van der Waals surface area contributed by atoms with Crippen molar-refractivity contribution in [3.63, 3.8) is 0 Å². The van der Waals surface area contributed by atoms with Crippen molar-refractivity contribution in [3.8, 4) is 0 Å². The van der Waals surface area contributed by atoms with Crippen molar-refractivity contribution in [2.24, 2.45) is 0 Å². The molecule has 10 heteroatoms. The maximum atomic E-state index is 13.0. The molecule has 0 amide bonds. The highest BCUT2D eigenvalue weighted by Crippen LogP contribution is 2.34. The van der Waals surface area contributed by atoms with Crippen molar-refractivity contribution < 1.29 is 27.1 Å². The number of hydrogen-bond acceptors (Lipinski definition) is 6. The zero-order chi connectivity index (χ0) is 17.2. The van der Waals surface area contributed by atoms with Gasteiger partial charge in [-0.15, -0.1) is 0 Å². The Morgan fingerprint density at radius 2 is 2.04 bits per heavy atom.